The molecule has 0 unspecified atom stereocenters. The topological polar surface area (TPSA) is 48.1 Å². The Morgan fingerprint density at radius 1 is 1.26 bits per heavy atom. The van der Waals surface area contributed by atoms with Crippen molar-refractivity contribution in [1.82, 2.24) is 4.98 Å². The van der Waals surface area contributed by atoms with E-state index < -0.39 is 6.36 Å². The quantitative estimate of drug-likeness (QED) is 0.901. The highest BCUT2D eigenvalue weighted by Gasteiger charge is 2.32. The number of ether oxygens (including phenoxy) is 1. The summed E-state index contributed by atoms with van der Waals surface area (Å²) in [7, 11) is 0. The first-order chi connectivity index (χ1) is 8.78. The van der Waals surface area contributed by atoms with Crippen LogP contribution < -0.4 is 10.5 Å². The van der Waals surface area contributed by atoms with Gasteiger partial charge in [0.25, 0.3) is 0 Å². The average molecular weight is 270 g/mol. The van der Waals surface area contributed by atoms with Gasteiger partial charge in [0.1, 0.15) is 5.52 Å². The van der Waals surface area contributed by atoms with Gasteiger partial charge in [0.05, 0.1) is 0 Å². The lowest BCUT2D eigenvalue weighted by Crippen LogP contribution is -2.17. The lowest BCUT2D eigenvalue weighted by molar-refractivity contribution is -0.274. The second kappa shape index (κ2) is 4.60. The highest BCUT2D eigenvalue weighted by molar-refractivity contribution is 5.94. The van der Waals surface area contributed by atoms with Crippen molar-refractivity contribution in [3.05, 3.63) is 30.0 Å². The van der Waals surface area contributed by atoms with Gasteiger partial charge in [-0.1, -0.05) is 26.0 Å². The minimum atomic E-state index is -4.75. The molecule has 0 spiro atoms. The van der Waals surface area contributed by atoms with Crippen LogP contribution >= 0.6 is 0 Å². The third-order valence-electron chi connectivity index (χ3n) is 2.67. The van der Waals surface area contributed by atoms with E-state index in [0.29, 0.717) is 16.8 Å². The predicted octanol–water partition coefficient (Wildman–Crippen LogP) is 3.84. The van der Waals surface area contributed by atoms with Gasteiger partial charge < -0.3 is 10.5 Å². The molecule has 0 saturated heterocycles. The Morgan fingerprint density at radius 2 is 1.95 bits per heavy atom. The predicted molar refractivity (Wildman–Crippen MR) is 66.9 cm³/mol. The van der Waals surface area contributed by atoms with Crippen molar-refractivity contribution in [3.63, 3.8) is 0 Å². The molecule has 0 aliphatic rings. The Bertz CT molecular complexity index is 609. The molecule has 2 aromatic rings. The molecule has 0 atom stereocenters. The number of anilines is 1. The Hall–Kier alpha value is -1.98. The number of aromatic nitrogens is 1. The molecule has 0 radical (unpaired) electrons. The van der Waals surface area contributed by atoms with Crippen molar-refractivity contribution in [2.24, 2.45) is 0 Å². The Balaban J connectivity index is 2.65. The summed E-state index contributed by atoms with van der Waals surface area (Å²) in [5, 5.41) is 0.450. The minimum absolute atomic E-state index is 0.0608. The first-order valence-corrected chi connectivity index (χ1v) is 5.73. The summed E-state index contributed by atoms with van der Waals surface area (Å²) >= 11 is 0. The molecule has 1 heterocycles. The van der Waals surface area contributed by atoms with E-state index in [4.69, 9.17) is 5.73 Å². The fourth-order valence-corrected chi connectivity index (χ4v) is 1.77. The summed E-state index contributed by atoms with van der Waals surface area (Å²) in [6, 6.07) is 5.97. The van der Waals surface area contributed by atoms with Gasteiger partial charge in [0.15, 0.2) is 5.75 Å². The second-order valence-corrected chi connectivity index (χ2v) is 4.49. The van der Waals surface area contributed by atoms with Crippen molar-refractivity contribution in [3.8, 4) is 5.75 Å². The zero-order valence-corrected chi connectivity index (χ0v) is 10.5. The first-order valence-electron chi connectivity index (χ1n) is 5.73. The number of nitrogen functional groups attached to an aromatic ring is 1. The minimum Gasteiger partial charge on any atom is -0.403 e. The molecule has 0 amide bonds. The number of benzene rings is 1. The maximum absolute atomic E-state index is 12.3. The van der Waals surface area contributed by atoms with Gasteiger partial charge in [-0.05, 0) is 18.1 Å². The maximum atomic E-state index is 12.3. The number of nitrogens with two attached hydrogens (primary N) is 1. The standard InChI is InChI=1S/C13H13F3N2O/c1-7(2)10-6-9(17)8-4-3-5-11(12(8)18-10)19-13(14,15)16/h3-7H,1-2H3,(H2,17,18). The number of rotatable bonds is 2. The lowest BCUT2D eigenvalue weighted by atomic mass is 10.1. The molecule has 2 N–H and O–H groups in total. The molecule has 0 aliphatic carbocycles. The van der Waals surface area contributed by atoms with E-state index >= 15 is 0 Å². The normalized spacial score (nSPS) is 12.1. The molecule has 102 valence electrons. The molecular formula is C13H13F3N2O. The summed E-state index contributed by atoms with van der Waals surface area (Å²) in [5.74, 6) is -0.273. The van der Waals surface area contributed by atoms with Gasteiger partial charge in [-0.25, -0.2) is 4.98 Å². The number of hydrogen-bond donors (Lipinski definition) is 1. The molecule has 0 saturated carbocycles. The van der Waals surface area contributed by atoms with Crippen molar-refractivity contribution >= 4 is 16.6 Å². The number of hydrogen-bond acceptors (Lipinski definition) is 3. The molecule has 3 nitrogen and oxygen atoms in total. The maximum Gasteiger partial charge on any atom is 0.573 e. The van der Waals surface area contributed by atoms with Crippen LogP contribution in [0.5, 0.6) is 5.75 Å². The number of halogens is 3. The summed E-state index contributed by atoms with van der Waals surface area (Å²) < 4.78 is 41.0. The van der Waals surface area contributed by atoms with Gasteiger partial charge in [-0.3, -0.25) is 0 Å². The van der Waals surface area contributed by atoms with Crippen LogP contribution in [0, 0.1) is 0 Å². The molecule has 6 heteroatoms. The van der Waals surface area contributed by atoms with Crippen molar-refractivity contribution in [2.75, 3.05) is 5.73 Å². The summed E-state index contributed by atoms with van der Waals surface area (Å²) in [5.41, 5.74) is 7.00. The second-order valence-electron chi connectivity index (χ2n) is 4.49. The van der Waals surface area contributed by atoms with E-state index in [2.05, 4.69) is 9.72 Å². The number of alkyl halides is 3. The molecule has 2 rings (SSSR count). The fraction of sp³-hybridized carbons (Fsp3) is 0.308. The Labute approximate surface area is 108 Å². The van der Waals surface area contributed by atoms with Crippen LogP contribution in [0.2, 0.25) is 0 Å². The van der Waals surface area contributed by atoms with Crippen molar-refractivity contribution in [1.29, 1.82) is 0 Å². The molecule has 0 bridgehead atoms. The van der Waals surface area contributed by atoms with Crippen LogP contribution in [-0.2, 0) is 0 Å². The zero-order valence-electron chi connectivity index (χ0n) is 10.5. The lowest BCUT2D eigenvalue weighted by Gasteiger charge is -2.13. The van der Waals surface area contributed by atoms with E-state index in [1.54, 1.807) is 12.1 Å². The van der Waals surface area contributed by atoms with Crippen molar-refractivity contribution < 1.29 is 17.9 Å². The SMILES string of the molecule is CC(C)c1cc(N)c2cccc(OC(F)(F)F)c2n1. The number of para-hydroxylation sites is 1. The zero-order chi connectivity index (χ0) is 14.2. The van der Waals surface area contributed by atoms with Crippen LogP contribution in [0.1, 0.15) is 25.5 Å². The van der Waals surface area contributed by atoms with Gasteiger partial charge in [0.2, 0.25) is 0 Å². The molecular weight excluding hydrogens is 257 g/mol. The van der Waals surface area contributed by atoms with Crippen LogP contribution in [0.25, 0.3) is 10.9 Å². The van der Waals surface area contributed by atoms with Crippen LogP contribution in [0.15, 0.2) is 24.3 Å². The van der Waals surface area contributed by atoms with Gasteiger partial charge >= 0.3 is 6.36 Å². The Kier molecular flexibility index (Phi) is 3.26. The van der Waals surface area contributed by atoms with Crippen molar-refractivity contribution in [2.45, 2.75) is 26.1 Å². The van der Waals surface area contributed by atoms with E-state index in [9.17, 15) is 13.2 Å². The summed E-state index contributed by atoms with van der Waals surface area (Å²) in [6.07, 6.45) is -4.75. The fourth-order valence-electron chi connectivity index (χ4n) is 1.77. The van der Waals surface area contributed by atoms with Gasteiger partial charge in [-0.2, -0.15) is 0 Å². The monoisotopic (exact) mass is 270 g/mol. The van der Waals surface area contributed by atoms with Gasteiger partial charge in [0, 0.05) is 16.8 Å². The van der Waals surface area contributed by atoms with E-state index in [0.717, 1.165) is 0 Å². The number of nitrogens with zero attached hydrogens (tertiary/aromatic N) is 1. The summed E-state index contributed by atoms with van der Waals surface area (Å²) in [6.45, 7) is 3.78. The third kappa shape index (κ3) is 2.89. The Morgan fingerprint density at radius 3 is 2.53 bits per heavy atom. The first kappa shape index (κ1) is 13.5. The van der Waals surface area contributed by atoms with E-state index in [1.165, 1.54) is 12.1 Å². The highest BCUT2D eigenvalue weighted by atomic mass is 19.4. The van der Waals surface area contributed by atoms with Gasteiger partial charge in [-0.15, -0.1) is 13.2 Å². The average Bonchev–Trinajstić information content (AvgIpc) is 2.27. The third-order valence-corrected chi connectivity index (χ3v) is 2.67. The highest BCUT2D eigenvalue weighted by Crippen LogP contribution is 2.33. The van der Waals surface area contributed by atoms with E-state index in [-0.39, 0.29) is 17.2 Å². The molecule has 19 heavy (non-hydrogen) atoms. The van der Waals surface area contributed by atoms with Crippen LogP contribution in [0.3, 0.4) is 0 Å². The van der Waals surface area contributed by atoms with Crippen LogP contribution in [0.4, 0.5) is 18.9 Å². The largest absolute Gasteiger partial charge is 0.573 e. The summed E-state index contributed by atoms with van der Waals surface area (Å²) in [4.78, 5) is 4.21. The number of pyridine rings is 1. The number of fused-ring (bicyclic) bond motifs is 1. The van der Waals surface area contributed by atoms with Crippen LogP contribution in [-0.4, -0.2) is 11.3 Å². The molecule has 0 aliphatic heterocycles. The van der Waals surface area contributed by atoms with E-state index in [1.807, 2.05) is 13.8 Å². The smallest absolute Gasteiger partial charge is 0.403 e. The molecule has 1 aromatic heterocycles. The molecule has 0 fully saturated rings. The molecule has 1 aromatic carbocycles.